The van der Waals surface area contributed by atoms with Crippen LogP contribution >= 0.6 is 15.9 Å². The van der Waals surface area contributed by atoms with Crippen molar-refractivity contribution in [1.82, 2.24) is 5.32 Å². The van der Waals surface area contributed by atoms with Gasteiger partial charge in [0.1, 0.15) is 0 Å². The molecule has 1 atom stereocenters. The second kappa shape index (κ2) is 3.87. The SMILES string of the molecule is Oc1c(F)cc(Br)cc1C1CCNC1. The molecule has 1 aliphatic rings. The van der Waals surface area contributed by atoms with E-state index in [0.717, 1.165) is 19.5 Å². The molecule has 1 heterocycles. The highest BCUT2D eigenvalue weighted by molar-refractivity contribution is 9.10. The van der Waals surface area contributed by atoms with Crippen molar-refractivity contribution < 1.29 is 9.50 Å². The van der Waals surface area contributed by atoms with E-state index in [1.807, 2.05) is 0 Å². The zero-order valence-corrected chi connectivity index (χ0v) is 9.14. The maximum atomic E-state index is 13.2. The van der Waals surface area contributed by atoms with Crippen molar-refractivity contribution in [1.29, 1.82) is 0 Å². The van der Waals surface area contributed by atoms with Crippen LogP contribution in [0.15, 0.2) is 16.6 Å². The fraction of sp³-hybridized carbons (Fsp3) is 0.400. The average molecular weight is 260 g/mol. The van der Waals surface area contributed by atoms with Crippen molar-refractivity contribution in [3.05, 3.63) is 28.0 Å². The first-order valence-corrected chi connectivity index (χ1v) is 5.36. The molecule has 0 aromatic heterocycles. The highest BCUT2D eigenvalue weighted by Gasteiger charge is 2.21. The molecule has 0 spiro atoms. The first-order chi connectivity index (χ1) is 6.68. The molecule has 0 saturated carbocycles. The predicted octanol–water partition coefficient (Wildman–Crippen LogP) is 2.37. The van der Waals surface area contributed by atoms with Crippen molar-refractivity contribution >= 4 is 15.9 Å². The number of benzene rings is 1. The fourth-order valence-corrected chi connectivity index (χ4v) is 2.26. The molecule has 1 unspecified atom stereocenters. The smallest absolute Gasteiger partial charge is 0.166 e. The molecule has 14 heavy (non-hydrogen) atoms. The van der Waals surface area contributed by atoms with E-state index in [9.17, 15) is 9.50 Å². The molecular weight excluding hydrogens is 249 g/mol. The van der Waals surface area contributed by atoms with Gasteiger partial charge in [-0.3, -0.25) is 0 Å². The van der Waals surface area contributed by atoms with Gasteiger partial charge in [0.05, 0.1) is 0 Å². The summed E-state index contributed by atoms with van der Waals surface area (Å²) in [5.74, 6) is -0.537. The highest BCUT2D eigenvalue weighted by Crippen LogP contribution is 2.34. The lowest BCUT2D eigenvalue weighted by Crippen LogP contribution is -2.08. The maximum Gasteiger partial charge on any atom is 0.166 e. The molecule has 2 N–H and O–H groups in total. The standard InChI is InChI=1S/C10H11BrFNO/c11-7-3-8(6-1-2-13-5-6)10(14)9(12)4-7/h3-4,6,13-14H,1-2,5H2. The van der Waals surface area contributed by atoms with Gasteiger partial charge in [-0.05, 0) is 25.1 Å². The molecule has 4 heteroatoms. The largest absolute Gasteiger partial charge is 0.505 e. The quantitative estimate of drug-likeness (QED) is 0.812. The van der Waals surface area contributed by atoms with Crippen molar-refractivity contribution in [2.24, 2.45) is 0 Å². The summed E-state index contributed by atoms with van der Waals surface area (Å²) in [4.78, 5) is 0. The van der Waals surface area contributed by atoms with Gasteiger partial charge < -0.3 is 10.4 Å². The summed E-state index contributed by atoms with van der Waals surface area (Å²) in [6.45, 7) is 1.74. The first kappa shape index (κ1) is 9.93. The lowest BCUT2D eigenvalue weighted by molar-refractivity contribution is 0.421. The van der Waals surface area contributed by atoms with Gasteiger partial charge in [0.2, 0.25) is 0 Å². The van der Waals surface area contributed by atoms with E-state index in [0.29, 0.717) is 10.0 Å². The highest BCUT2D eigenvalue weighted by atomic mass is 79.9. The van der Waals surface area contributed by atoms with Crippen LogP contribution in [0.5, 0.6) is 5.75 Å². The Kier molecular flexibility index (Phi) is 2.74. The Morgan fingerprint density at radius 3 is 2.93 bits per heavy atom. The number of aromatic hydroxyl groups is 1. The van der Waals surface area contributed by atoms with Crippen molar-refractivity contribution in [2.45, 2.75) is 12.3 Å². The lowest BCUT2D eigenvalue weighted by Gasteiger charge is -2.11. The third-order valence-corrected chi connectivity index (χ3v) is 3.02. The van der Waals surface area contributed by atoms with Gasteiger partial charge in [-0.1, -0.05) is 15.9 Å². The van der Waals surface area contributed by atoms with Crippen LogP contribution < -0.4 is 5.32 Å². The summed E-state index contributed by atoms with van der Waals surface area (Å²) in [5, 5.41) is 12.7. The predicted molar refractivity (Wildman–Crippen MR) is 56.0 cm³/mol. The van der Waals surface area contributed by atoms with E-state index < -0.39 is 5.82 Å². The Morgan fingerprint density at radius 1 is 1.50 bits per heavy atom. The molecule has 1 aromatic rings. The minimum Gasteiger partial charge on any atom is -0.505 e. The van der Waals surface area contributed by atoms with Crippen LogP contribution in [0, 0.1) is 5.82 Å². The molecular formula is C10H11BrFNO. The van der Waals surface area contributed by atoms with Gasteiger partial charge in [-0.25, -0.2) is 4.39 Å². The van der Waals surface area contributed by atoms with Crippen LogP contribution in [-0.2, 0) is 0 Å². The molecule has 0 bridgehead atoms. The Bertz CT molecular complexity index is 350. The summed E-state index contributed by atoms with van der Waals surface area (Å²) < 4.78 is 13.9. The van der Waals surface area contributed by atoms with Crippen LogP contribution in [-0.4, -0.2) is 18.2 Å². The minimum absolute atomic E-state index is 0.207. The number of phenolic OH excluding ortho intramolecular Hbond substituents is 1. The van der Waals surface area contributed by atoms with E-state index in [1.165, 1.54) is 6.07 Å². The average Bonchev–Trinajstić information content (AvgIpc) is 2.63. The second-order valence-electron chi connectivity index (χ2n) is 3.52. The Morgan fingerprint density at radius 2 is 2.29 bits per heavy atom. The van der Waals surface area contributed by atoms with E-state index >= 15 is 0 Å². The normalized spacial score (nSPS) is 21.4. The summed E-state index contributed by atoms with van der Waals surface area (Å²) >= 11 is 3.22. The zero-order chi connectivity index (χ0) is 10.1. The van der Waals surface area contributed by atoms with Crippen molar-refractivity contribution in [3.63, 3.8) is 0 Å². The van der Waals surface area contributed by atoms with Crippen LogP contribution in [0.3, 0.4) is 0 Å². The summed E-state index contributed by atoms with van der Waals surface area (Å²) in [6.07, 6.45) is 0.948. The maximum absolute atomic E-state index is 13.2. The van der Waals surface area contributed by atoms with Gasteiger partial charge in [0.15, 0.2) is 11.6 Å². The number of halogens is 2. The van der Waals surface area contributed by atoms with E-state index in [2.05, 4.69) is 21.2 Å². The van der Waals surface area contributed by atoms with Crippen LogP contribution in [0.4, 0.5) is 4.39 Å². The van der Waals surface area contributed by atoms with Crippen LogP contribution in [0.2, 0.25) is 0 Å². The fourth-order valence-electron chi connectivity index (χ4n) is 1.82. The summed E-state index contributed by atoms with van der Waals surface area (Å²) in [7, 11) is 0. The molecule has 2 rings (SSSR count). The third kappa shape index (κ3) is 1.77. The molecule has 2 nitrogen and oxygen atoms in total. The van der Waals surface area contributed by atoms with Crippen LogP contribution in [0.1, 0.15) is 17.9 Å². The molecule has 1 aliphatic heterocycles. The number of hydrogen-bond acceptors (Lipinski definition) is 2. The number of hydrogen-bond donors (Lipinski definition) is 2. The van der Waals surface area contributed by atoms with E-state index in [1.54, 1.807) is 6.07 Å². The lowest BCUT2D eigenvalue weighted by atomic mass is 9.97. The number of phenols is 1. The minimum atomic E-state index is -0.554. The summed E-state index contributed by atoms with van der Waals surface area (Å²) in [6, 6.07) is 3.07. The van der Waals surface area contributed by atoms with Gasteiger partial charge in [0.25, 0.3) is 0 Å². The topological polar surface area (TPSA) is 32.3 Å². The van der Waals surface area contributed by atoms with Gasteiger partial charge in [0, 0.05) is 22.5 Å². The van der Waals surface area contributed by atoms with Gasteiger partial charge in [-0.15, -0.1) is 0 Å². The molecule has 0 amide bonds. The van der Waals surface area contributed by atoms with Crippen LogP contribution in [0.25, 0.3) is 0 Å². The molecule has 76 valence electrons. The molecule has 1 saturated heterocycles. The molecule has 0 aliphatic carbocycles. The molecule has 1 fully saturated rings. The van der Waals surface area contributed by atoms with Crippen molar-refractivity contribution in [3.8, 4) is 5.75 Å². The van der Waals surface area contributed by atoms with E-state index in [4.69, 9.17) is 0 Å². The molecule has 0 radical (unpaired) electrons. The van der Waals surface area contributed by atoms with E-state index in [-0.39, 0.29) is 11.7 Å². The van der Waals surface area contributed by atoms with Gasteiger partial charge >= 0.3 is 0 Å². The van der Waals surface area contributed by atoms with Crippen molar-refractivity contribution in [2.75, 3.05) is 13.1 Å². The summed E-state index contributed by atoms with van der Waals surface area (Å²) in [5.41, 5.74) is 0.696. The third-order valence-electron chi connectivity index (χ3n) is 2.56. The monoisotopic (exact) mass is 259 g/mol. The second-order valence-corrected chi connectivity index (χ2v) is 4.43. The molecule has 1 aromatic carbocycles. The number of rotatable bonds is 1. The Balaban J connectivity index is 2.40. The zero-order valence-electron chi connectivity index (χ0n) is 7.56. The van der Waals surface area contributed by atoms with Gasteiger partial charge in [-0.2, -0.15) is 0 Å². The number of nitrogens with one attached hydrogen (secondary N) is 1. The first-order valence-electron chi connectivity index (χ1n) is 4.57. The Hall–Kier alpha value is -0.610. The Labute approximate surface area is 90.3 Å².